The van der Waals surface area contributed by atoms with Gasteiger partial charge in [-0.15, -0.1) is 5.10 Å². The highest BCUT2D eigenvalue weighted by molar-refractivity contribution is 7.99. The number of para-hydroxylation sites is 1. The number of carbonyl (C=O) groups is 1. The fourth-order valence-electron chi connectivity index (χ4n) is 2.63. The summed E-state index contributed by atoms with van der Waals surface area (Å²) in [6, 6.07) is 9.70. The average molecular weight is 317 g/mol. The molecule has 0 spiro atoms. The zero-order valence-electron chi connectivity index (χ0n) is 12.6. The number of aromatic nitrogens is 4. The number of tetrazole rings is 1. The first-order valence-corrected chi connectivity index (χ1v) is 8.47. The molecule has 0 radical (unpaired) electrons. The van der Waals surface area contributed by atoms with E-state index in [-0.39, 0.29) is 5.91 Å². The molecule has 2 heterocycles. The van der Waals surface area contributed by atoms with E-state index < -0.39 is 0 Å². The van der Waals surface area contributed by atoms with E-state index in [1.54, 1.807) is 4.68 Å². The Labute approximate surface area is 133 Å². The van der Waals surface area contributed by atoms with Crippen LogP contribution in [0.2, 0.25) is 0 Å². The summed E-state index contributed by atoms with van der Waals surface area (Å²) in [4.78, 5) is 14.3. The van der Waals surface area contributed by atoms with Crippen molar-refractivity contribution in [3.63, 3.8) is 0 Å². The van der Waals surface area contributed by atoms with E-state index in [4.69, 9.17) is 0 Å². The quantitative estimate of drug-likeness (QED) is 0.807. The van der Waals surface area contributed by atoms with E-state index in [2.05, 4.69) is 22.4 Å². The lowest BCUT2D eigenvalue weighted by molar-refractivity contribution is -0.130. The van der Waals surface area contributed by atoms with Crippen LogP contribution < -0.4 is 0 Å². The van der Waals surface area contributed by atoms with Gasteiger partial charge < -0.3 is 4.90 Å². The largest absolute Gasteiger partial charge is 0.342 e. The Morgan fingerprint density at radius 2 is 2.18 bits per heavy atom. The van der Waals surface area contributed by atoms with Gasteiger partial charge in [0.25, 0.3) is 0 Å². The number of benzene rings is 1. The number of amides is 1. The van der Waals surface area contributed by atoms with Crippen molar-refractivity contribution < 1.29 is 4.79 Å². The minimum atomic E-state index is 0.166. The summed E-state index contributed by atoms with van der Waals surface area (Å²) in [5.41, 5.74) is 0.897. The number of rotatable bonds is 4. The number of piperidine rings is 1. The summed E-state index contributed by atoms with van der Waals surface area (Å²) in [6.07, 6.45) is 2.31. The number of nitrogens with zero attached hydrogens (tertiary/aromatic N) is 5. The predicted molar refractivity (Wildman–Crippen MR) is 84.9 cm³/mol. The minimum Gasteiger partial charge on any atom is -0.342 e. The number of hydrogen-bond acceptors (Lipinski definition) is 5. The molecule has 1 fully saturated rings. The molecule has 2 aromatic rings. The molecule has 116 valence electrons. The first-order chi connectivity index (χ1) is 10.7. The van der Waals surface area contributed by atoms with Crippen LogP contribution in [-0.2, 0) is 4.79 Å². The van der Waals surface area contributed by atoms with Crippen LogP contribution in [0.25, 0.3) is 5.69 Å². The molecule has 1 amide bonds. The summed E-state index contributed by atoms with van der Waals surface area (Å²) in [7, 11) is 0. The molecule has 1 aliphatic heterocycles. The monoisotopic (exact) mass is 317 g/mol. The molecule has 1 aromatic heterocycles. The molecule has 22 heavy (non-hydrogen) atoms. The first kappa shape index (κ1) is 15.0. The summed E-state index contributed by atoms with van der Waals surface area (Å²) >= 11 is 1.39. The summed E-state index contributed by atoms with van der Waals surface area (Å²) in [6.45, 7) is 3.93. The number of likely N-dealkylation sites (tertiary alicyclic amines) is 1. The standard InChI is InChI=1S/C15H19N5OS/c1-12-6-5-9-19(10-12)14(21)11-22-15-16-17-18-20(15)13-7-3-2-4-8-13/h2-4,7-8,12H,5-6,9-11H2,1H3/t12-/m1/s1. The maximum absolute atomic E-state index is 12.3. The van der Waals surface area contributed by atoms with Gasteiger partial charge in [0, 0.05) is 13.1 Å². The Kier molecular flexibility index (Phi) is 4.72. The van der Waals surface area contributed by atoms with Crippen molar-refractivity contribution >= 4 is 17.7 Å². The number of hydrogen-bond donors (Lipinski definition) is 0. The van der Waals surface area contributed by atoms with Crippen LogP contribution in [0.15, 0.2) is 35.5 Å². The van der Waals surface area contributed by atoms with Crippen LogP contribution in [0.4, 0.5) is 0 Å². The molecule has 1 aliphatic rings. The van der Waals surface area contributed by atoms with E-state index in [9.17, 15) is 4.79 Å². The van der Waals surface area contributed by atoms with E-state index in [1.165, 1.54) is 18.2 Å². The Balaban J connectivity index is 1.63. The van der Waals surface area contributed by atoms with Gasteiger partial charge in [0.15, 0.2) is 0 Å². The zero-order chi connectivity index (χ0) is 15.4. The molecule has 6 nitrogen and oxygen atoms in total. The van der Waals surface area contributed by atoms with Crippen LogP contribution in [0.1, 0.15) is 19.8 Å². The third-order valence-corrected chi connectivity index (χ3v) is 4.68. The van der Waals surface area contributed by atoms with Gasteiger partial charge in [-0.1, -0.05) is 36.9 Å². The van der Waals surface area contributed by atoms with E-state index in [1.807, 2.05) is 35.2 Å². The lowest BCUT2D eigenvalue weighted by Gasteiger charge is -2.30. The third-order valence-electron chi connectivity index (χ3n) is 3.78. The average Bonchev–Trinajstić information content (AvgIpc) is 3.02. The zero-order valence-corrected chi connectivity index (χ0v) is 13.4. The molecular weight excluding hydrogens is 298 g/mol. The SMILES string of the molecule is C[C@@H]1CCCN(C(=O)CSc2nnnn2-c2ccccc2)C1. The van der Waals surface area contributed by atoms with Crippen molar-refractivity contribution in [2.24, 2.45) is 5.92 Å². The maximum Gasteiger partial charge on any atom is 0.233 e. The van der Waals surface area contributed by atoms with Gasteiger partial charge in [-0.25, -0.2) is 0 Å². The van der Waals surface area contributed by atoms with Crippen molar-refractivity contribution in [1.29, 1.82) is 0 Å². The molecular formula is C15H19N5OS. The van der Waals surface area contributed by atoms with Gasteiger partial charge in [-0.3, -0.25) is 4.79 Å². The molecule has 1 atom stereocenters. The van der Waals surface area contributed by atoms with Gasteiger partial charge in [-0.2, -0.15) is 4.68 Å². The van der Waals surface area contributed by atoms with E-state index in [0.29, 0.717) is 16.8 Å². The molecule has 1 saturated heterocycles. The number of carbonyl (C=O) groups excluding carboxylic acids is 1. The smallest absolute Gasteiger partial charge is 0.233 e. The van der Waals surface area contributed by atoms with Crippen LogP contribution in [0, 0.1) is 5.92 Å². The van der Waals surface area contributed by atoms with Crippen molar-refractivity contribution in [2.75, 3.05) is 18.8 Å². The Morgan fingerprint density at radius 3 is 2.95 bits per heavy atom. The highest BCUT2D eigenvalue weighted by Gasteiger charge is 2.21. The first-order valence-electron chi connectivity index (χ1n) is 7.48. The van der Waals surface area contributed by atoms with Crippen molar-refractivity contribution in [2.45, 2.75) is 24.9 Å². The maximum atomic E-state index is 12.3. The molecule has 7 heteroatoms. The highest BCUT2D eigenvalue weighted by Crippen LogP contribution is 2.20. The normalized spacial score (nSPS) is 18.4. The minimum absolute atomic E-state index is 0.166. The third kappa shape index (κ3) is 3.47. The van der Waals surface area contributed by atoms with Crippen LogP contribution in [0.5, 0.6) is 0 Å². The van der Waals surface area contributed by atoms with Gasteiger partial charge in [0.2, 0.25) is 11.1 Å². The van der Waals surface area contributed by atoms with Gasteiger partial charge in [-0.05, 0) is 41.3 Å². The predicted octanol–water partition coefficient (Wildman–Crippen LogP) is 2.01. The van der Waals surface area contributed by atoms with Gasteiger partial charge >= 0.3 is 0 Å². The molecule has 1 aromatic carbocycles. The fourth-order valence-corrected chi connectivity index (χ4v) is 3.43. The summed E-state index contributed by atoms with van der Waals surface area (Å²) in [5, 5.41) is 12.4. The van der Waals surface area contributed by atoms with E-state index >= 15 is 0 Å². The Bertz CT molecular complexity index is 630. The highest BCUT2D eigenvalue weighted by atomic mass is 32.2. The fraction of sp³-hybridized carbons (Fsp3) is 0.467. The van der Waals surface area contributed by atoms with Crippen LogP contribution in [-0.4, -0.2) is 49.9 Å². The summed E-state index contributed by atoms with van der Waals surface area (Å²) < 4.78 is 1.66. The van der Waals surface area contributed by atoms with Crippen molar-refractivity contribution in [3.8, 4) is 5.69 Å². The van der Waals surface area contributed by atoms with Gasteiger partial charge in [0.05, 0.1) is 11.4 Å². The molecule has 3 rings (SSSR count). The van der Waals surface area contributed by atoms with Crippen LogP contribution in [0.3, 0.4) is 0 Å². The second kappa shape index (κ2) is 6.91. The summed E-state index contributed by atoms with van der Waals surface area (Å²) in [5.74, 6) is 1.14. The van der Waals surface area contributed by atoms with Gasteiger partial charge in [0.1, 0.15) is 0 Å². The van der Waals surface area contributed by atoms with Crippen LogP contribution >= 0.6 is 11.8 Å². The lowest BCUT2D eigenvalue weighted by atomic mass is 10.0. The molecule has 0 aliphatic carbocycles. The molecule has 0 saturated carbocycles. The number of thioether (sulfide) groups is 1. The van der Waals surface area contributed by atoms with Crippen molar-refractivity contribution in [1.82, 2.24) is 25.1 Å². The Hall–Kier alpha value is -1.89. The molecule has 0 N–H and O–H groups in total. The van der Waals surface area contributed by atoms with Crippen molar-refractivity contribution in [3.05, 3.63) is 30.3 Å². The lowest BCUT2D eigenvalue weighted by Crippen LogP contribution is -2.40. The topological polar surface area (TPSA) is 63.9 Å². The molecule has 0 bridgehead atoms. The molecule has 0 unspecified atom stereocenters. The second-order valence-corrected chi connectivity index (χ2v) is 6.53. The second-order valence-electron chi connectivity index (χ2n) is 5.58. The van der Waals surface area contributed by atoms with E-state index in [0.717, 1.165) is 25.2 Å². The Morgan fingerprint density at radius 1 is 1.36 bits per heavy atom.